The number of carbonyl (C=O) groups is 1. The van der Waals surface area contributed by atoms with Crippen molar-refractivity contribution in [3.63, 3.8) is 0 Å². The highest BCUT2D eigenvalue weighted by Gasteiger charge is 2.33. The zero-order chi connectivity index (χ0) is 9.90. The zero-order valence-corrected chi connectivity index (χ0v) is 8.22. The zero-order valence-electron chi connectivity index (χ0n) is 6.64. The Labute approximate surface area is 82.9 Å². The Bertz CT molecular complexity index is 292. The lowest BCUT2D eigenvalue weighted by atomic mass is 10.1. The fourth-order valence-electron chi connectivity index (χ4n) is 0.881. The first-order valence-corrected chi connectivity index (χ1v) is 4.43. The van der Waals surface area contributed by atoms with Crippen LogP contribution >= 0.6 is 15.9 Å². The fraction of sp³-hybridized carbons (Fsp3) is 0.222. The third kappa shape index (κ3) is 3.22. The van der Waals surface area contributed by atoms with E-state index in [0.717, 1.165) is 0 Å². The number of halogens is 3. The molecule has 4 heteroatoms. The fourth-order valence-corrected chi connectivity index (χ4v) is 1.02. The van der Waals surface area contributed by atoms with E-state index < -0.39 is 10.6 Å². The molecular weight excluding hydrogens is 242 g/mol. The maximum atomic E-state index is 12.4. The van der Waals surface area contributed by atoms with Gasteiger partial charge in [-0.1, -0.05) is 30.3 Å². The summed E-state index contributed by atoms with van der Waals surface area (Å²) in [4.78, 5) is 7.42. The van der Waals surface area contributed by atoms with Gasteiger partial charge in [0.2, 0.25) is 5.78 Å². The second-order valence-corrected chi connectivity index (χ2v) is 3.58. The molecule has 70 valence electrons. The number of hydrogen-bond donors (Lipinski definition) is 0. The SMILES string of the molecule is O=C(Cc1ccccc1)C(F)(F)Br. The largest absolute Gasteiger partial charge is 0.358 e. The van der Waals surface area contributed by atoms with E-state index >= 15 is 0 Å². The van der Waals surface area contributed by atoms with E-state index in [2.05, 4.69) is 0 Å². The lowest BCUT2D eigenvalue weighted by Gasteiger charge is -2.06. The van der Waals surface area contributed by atoms with Crippen molar-refractivity contribution in [3.8, 4) is 0 Å². The van der Waals surface area contributed by atoms with E-state index in [1.807, 2.05) is 15.9 Å². The first kappa shape index (κ1) is 10.3. The molecule has 0 atom stereocenters. The van der Waals surface area contributed by atoms with Crippen molar-refractivity contribution in [2.24, 2.45) is 0 Å². The van der Waals surface area contributed by atoms with E-state index in [4.69, 9.17) is 0 Å². The van der Waals surface area contributed by atoms with Gasteiger partial charge in [0.1, 0.15) is 0 Å². The highest BCUT2D eigenvalue weighted by molar-refractivity contribution is 9.10. The molecular formula is C9H7BrF2O. The standard InChI is InChI=1S/C9H7BrF2O/c10-9(11,12)8(13)6-7-4-2-1-3-5-7/h1-5H,6H2. The lowest BCUT2D eigenvalue weighted by molar-refractivity contribution is -0.131. The molecule has 0 bridgehead atoms. The second-order valence-electron chi connectivity index (χ2n) is 2.58. The molecule has 0 aliphatic rings. The molecule has 0 unspecified atom stereocenters. The third-order valence-electron chi connectivity index (χ3n) is 1.52. The van der Waals surface area contributed by atoms with Crippen LogP contribution in [0.25, 0.3) is 0 Å². The molecule has 1 rings (SSSR count). The van der Waals surface area contributed by atoms with Crippen LogP contribution in [0.15, 0.2) is 30.3 Å². The van der Waals surface area contributed by atoms with Gasteiger partial charge in [-0.25, -0.2) is 0 Å². The van der Waals surface area contributed by atoms with Crippen LogP contribution in [0.2, 0.25) is 0 Å². The van der Waals surface area contributed by atoms with E-state index in [0.29, 0.717) is 5.56 Å². The predicted molar refractivity (Wildman–Crippen MR) is 49.0 cm³/mol. The average Bonchev–Trinajstić information content (AvgIpc) is 2.04. The van der Waals surface area contributed by atoms with Gasteiger partial charge in [0.25, 0.3) is 0 Å². The Morgan fingerprint density at radius 1 is 1.31 bits per heavy atom. The Hall–Kier alpha value is -0.770. The monoisotopic (exact) mass is 248 g/mol. The minimum Gasteiger partial charge on any atom is -0.292 e. The molecule has 0 aromatic heterocycles. The molecule has 0 radical (unpaired) electrons. The van der Waals surface area contributed by atoms with E-state index in [-0.39, 0.29) is 6.42 Å². The number of carbonyl (C=O) groups excluding carboxylic acids is 1. The van der Waals surface area contributed by atoms with Crippen molar-refractivity contribution in [2.75, 3.05) is 0 Å². The van der Waals surface area contributed by atoms with Gasteiger partial charge >= 0.3 is 4.83 Å². The molecule has 0 aliphatic heterocycles. The molecule has 0 spiro atoms. The maximum absolute atomic E-state index is 12.4. The van der Waals surface area contributed by atoms with Crippen molar-refractivity contribution in [1.82, 2.24) is 0 Å². The van der Waals surface area contributed by atoms with Crippen molar-refractivity contribution >= 4 is 21.7 Å². The van der Waals surface area contributed by atoms with Gasteiger partial charge in [-0.05, 0) is 21.5 Å². The van der Waals surface area contributed by atoms with E-state index in [1.54, 1.807) is 30.3 Å². The van der Waals surface area contributed by atoms with Gasteiger partial charge in [-0.3, -0.25) is 4.79 Å². The smallest absolute Gasteiger partial charge is 0.292 e. The second kappa shape index (κ2) is 3.96. The number of rotatable bonds is 3. The van der Waals surface area contributed by atoms with Gasteiger partial charge < -0.3 is 0 Å². The van der Waals surface area contributed by atoms with Crippen LogP contribution < -0.4 is 0 Å². The molecule has 1 nitrogen and oxygen atoms in total. The minimum absolute atomic E-state index is 0.251. The summed E-state index contributed by atoms with van der Waals surface area (Å²) < 4.78 is 24.7. The van der Waals surface area contributed by atoms with Gasteiger partial charge in [-0.15, -0.1) is 0 Å². The summed E-state index contributed by atoms with van der Waals surface area (Å²) in [5.41, 5.74) is 0.589. The molecule has 0 saturated heterocycles. The summed E-state index contributed by atoms with van der Waals surface area (Å²) in [5, 5.41) is 0. The first-order chi connectivity index (χ1) is 6.00. The minimum atomic E-state index is -3.41. The molecule has 13 heavy (non-hydrogen) atoms. The topological polar surface area (TPSA) is 17.1 Å². The van der Waals surface area contributed by atoms with Gasteiger partial charge in [-0.2, -0.15) is 8.78 Å². The Kier molecular flexibility index (Phi) is 3.14. The Morgan fingerprint density at radius 2 is 1.85 bits per heavy atom. The summed E-state index contributed by atoms with van der Waals surface area (Å²) >= 11 is 2.02. The van der Waals surface area contributed by atoms with Crippen LogP contribution in [0.3, 0.4) is 0 Å². The van der Waals surface area contributed by atoms with Crippen LogP contribution in [0.5, 0.6) is 0 Å². The summed E-state index contributed by atoms with van der Waals surface area (Å²) in [7, 11) is 0. The first-order valence-electron chi connectivity index (χ1n) is 3.64. The number of benzene rings is 1. The van der Waals surface area contributed by atoms with Gasteiger partial charge in [0.15, 0.2) is 0 Å². The highest BCUT2D eigenvalue weighted by Crippen LogP contribution is 2.24. The normalized spacial score (nSPS) is 11.3. The number of alkyl halides is 3. The van der Waals surface area contributed by atoms with Crippen molar-refractivity contribution in [2.45, 2.75) is 11.3 Å². The summed E-state index contributed by atoms with van der Waals surface area (Å²) in [5.74, 6) is -1.13. The van der Waals surface area contributed by atoms with Crippen molar-refractivity contribution in [3.05, 3.63) is 35.9 Å². The molecule has 0 fully saturated rings. The molecule has 0 aliphatic carbocycles. The van der Waals surface area contributed by atoms with E-state index in [9.17, 15) is 13.6 Å². The predicted octanol–water partition coefficient (Wildman–Crippen LogP) is 2.79. The van der Waals surface area contributed by atoms with Crippen LogP contribution in [-0.2, 0) is 11.2 Å². The van der Waals surface area contributed by atoms with Crippen LogP contribution in [0, 0.1) is 0 Å². The number of ketones is 1. The molecule has 0 N–H and O–H groups in total. The van der Waals surface area contributed by atoms with Crippen LogP contribution in [-0.4, -0.2) is 10.6 Å². The average molecular weight is 249 g/mol. The number of hydrogen-bond acceptors (Lipinski definition) is 1. The van der Waals surface area contributed by atoms with Crippen LogP contribution in [0.4, 0.5) is 8.78 Å². The van der Waals surface area contributed by atoms with Crippen LogP contribution in [0.1, 0.15) is 5.56 Å². The number of Topliss-reactive ketones (excluding diaryl/α,β-unsaturated/α-hetero) is 1. The lowest BCUT2D eigenvalue weighted by Crippen LogP contribution is -2.22. The summed E-state index contributed by atoms with van der Waals surface area (Å²) in [6.45, 7) is 0. The molecule has 0 amide bonds. The summed E-state index contributed by atoms with van der Waals surface area (Å²) in [6, 6.07) is 8.44. The van der Waals surface area contributed by atoms with Gasteiger partial charge in [0, 0.05) is 6.42 Å². The molecule has 0 saturated carbocycles. The third-order valence-corrected chi connectivity index (χ3v) is 1.97. The quantitative estimate of drug-likeness (QED) is 0.753. The molecule has 1 aromatic carbocycles. The Morgan fingerprint density at radius 3 is 2.31 bits per heavy atom. The highest BCUT2D eigenvalue weighted by atomic mass is 79.9. The maximum Gasteiger partial charge on any atom is 0.358 e. The molecule has 1 aromatic rings. The van der Waals surface area contributed by atoms with Crippen molar-refractivity contribution < 1.29 is 13.6 Å². The molecule has 0 heterocycles. The van der Waals surface area contributed by atoms with Gasteiger partial charge in [0.05, 0.1) is 0 Å². The Balaban J connectivity index is 2.66. The van der Waals surface area contributed by atoms with Crippen molar-refractivity contribution in [1.29, 1.82) is 0 Å². The van der Waals surface area contributed by atoms with E-state index in [1.165, 1.54) is 0 Å². The summed E-state index contributed by atoms with van der Waals surface area (Å²) in [6.07, 6.45) is -0.251.